The van der Waals surface area contributed by atoms with Crippen molar-refractivity contribution in [3.8, 4) is 0 Å². The normalized spacial score (nSPS) is 44.1. The van der Waals surface area contributed by atoms with Gasteiger partial charge in [0.05, 0.1) is 5.60 Å². The number of amides is 1. The van der Waals surface area contributed by atoms with Crippen molar-refractivity contribution in [2.24, 2.45) is 29.6 Å². The van der Waals surface area contributed by atoms with Crippen LogP contribution in [-0.2, 0) is 4.79 Å². The number of nitrogens with zero attached hydrogens (tertiary/aromatic N) is 1. The fourth-order valence-electron chi connectivity index (χ4n) is 6.35. The molecule has 4 saturated carbocycles. The van der Waals surface area contributed by atoms with E-state index in [4.69, 9.17) is 0 Å². The van der Waals surface area contributed by atoms with E-state index in [1.165, 1.54) is 38.5 Å². The fourth-order valence-corrected chi connectivity index (χ4v) is 6.35. The first-order valence-corrected chi connectivity index (χ1v) is 10.3. The zero-order valence-corrected chi connectivity index (χ0v) is 15.2. The van der Waals surface area contributed by atoms with Crippen molar-refractivity contribution in [1.29, 1.82) is 0 Å². The van der Waals surface area contributed by atoms with Crippen LogP contribution in [0, 0.1) is 29.6 Å². The summed E-state index contributed by atoms with van der Waals surface area (Å²) < 4.78 is 0. The number of nitrogens with one attached hydrogen (secondary N) is 1. The smallest absolute Gasteiger partial charge is 0.223 e. The summed E-state index contributed by atoms with van der Waals surface area (Å²) >= 11 is 0. The van der Waals surface area contributed by atoms with Gasteiger partial charge in [0.2, 0.25) is 5.91 Å². The molecule has 4 nitrogen and oxygen atoms in total. The Kier molecular flexibility index (Phi) is 4.63. The quantitative estimate of drug-likeness (QED) is 0.759. The molecule has 1 atom stereocenters. The number of piperidine rings is 1. The summed E-state index contributed by atoms with van der Waals surface area (Å²) in [6, 6.07) is 0. The van der Waals surface area contributed by atoms with Crippen molar-refractivity contribution < 1.29 is 9.90 Å². The van der Waals surface area contributed by atoms with Gasteiger partial charge < -0.3 is 15.3 Å². The van der Waals surface area contributed by atoms with Gasteiger partial charge in [0, 0.05) is 32.6 Å². The second-order valence-electron chi connectivity index (χ2n) is 9.31. The van der Waals surface area contributed by atoms with Crippen LogP contribution < -0.4 is 5.32 Å². The maximum Gasteiger partial charge on any atom is 0.223 e. The van der Waals surface area contributed by atoms with Gasteiger partial charge in [-0.3, -0.25) is 4.79 Å². The molecule has 5 aliphatic rings. The Balaban J connectivity index is 1.23. The zero-order valence-electron chi connectivity index (χ0n) is 15.2. The van der Waals surface area contributed by atoms with E-state index >= 15 is 0 Å². The summed E-state index contributed by atoms with van der Waals surface area (Å²) in [6.07, 6.45) is 9.31. The highest BCUT2D eigenvalue weighted by molar-refractivity contribution is 5.76. The van der Waals surface area contributed by atoms with Crippen molar-refractivity contribution in [3.05, 3.63) is 0 Å². The number of carbonyl (C=O) groups is 1. The zero-order chi connectivity index (χ0) is 16.7. The van der Waals surface area contributed by atoms with Crippen LogP contribution in [0.2, 0.25) is 0 Å². The van der Waals surface area contributed by atoms with Gasteiger partial charge in [-0.15, -0.1) is 0 Å². The summed E-state index contributed by atoms with van der Waals surface area (Å²) in [4.78, 5) is 14.4. The lowest BCUT2D eigenvalue weighted by Gasteiger charge is -2.59. The van der Waals surface area contributed by atoms with E-state index < -0.39 is 5.60 Å². The molecule has 4 bridgehead atoms. The topological polar surface area (TPSA) is 52.6 Å². The second kappa shape index (κ2) is 6.60. The number of rotatable bonds is 5. The minimum atomic E-state index is -0.504. The highest BCUT2D eigenvalue weighted by Gasteiger charge is 2.56. The van der Waals surface area contributed by atoms with E-state index in [2.05, 4.69) is 12.2 Å². The molecule has 0 aromatic heterocycles. The molecular weight excluding hydrogens is 300 g/mol. The average molecular weight is 335 g/mol. The van der Waals surface area contributed by atoms with Crippen LogP contribution in [-0.4, -0.2) is 47.7 Å². The lowest BCUT2D eigenvalue weighted by Crippen LogP contribution is -2.61. The summed E-state index contributed by atoms with van der Waals surface area (Å²) in [5, 5.41) is 14.7. The lowest BCUT2D eigenvalue weighted by molar-refractivity contribution is -0.169. The third kappa shape index (κ3) is 3.12. The molecule has 136 valence electrons. The monoisotopic (exact) mass is 334 g/mol. The fraction of sp³-hybridized carbons (Fsp3) is 0.950. The van der Waals surface area contributed by atoms with Crippen molar-refractivity contribution in [1.82, 2.24) is 10.2 Å². The molecule has 24 heavy (non-hydrogen) atoms. The molecule has 0 aromatic carbocycles. The Morgan fingerprint density at radius 2 is 1.83 bits per heavy atom. The summed E-state index contributed by atoms with van der Waals surface area (Å²) in [6.45, 7) is 5.49. The van der Waals surface area contributed by atoms with E-state index in [0.29, 0.717) is 37.3 Å². The summed E-state index contributed by atoms with van der Waals surface area (Å²) in [7, 11) is 0. The van der Waals surface area contributed by atoms with Crippen LogP contribution in [0.25, 0.3) is 0 Å². The Hall–Kier alpha value is -0.610. The molecule has 1 unspecified atom stereocenters. The molecule has 0 aromatic rings. The van der Waals surface area contributed by atoms with Crippen LogP contribution in [0.3, 0.4) is 0 Å². The van der Waals surface area contributed by atoms with Gasteiger partial charge in [0.15, 0.2) is 0 Å². The molecule has 1 heterocycles. The number of hydrogen-bond acceptors (Lipinski definition) is 3. The van der Waals surface area contributed by atoms with Gasteiger partial charge >= 0.3 is 0 Å². The maximum atomic E-state index is 12.3. The maximum absolute atomic E-state index is 12.3. The molecule has 0 spiro atoms. The largest absolute Gasteiger partial charge is 0.388 e. The highest BCUT2D eigenvalue weighted by Crippen LogP contribution is 2.58. The van der Waals surface area contributed by atoms with Crippen molar-refractivity contribution in [2.75, 3.05) is 26.2 Å². The molecule has 0 radical (unpaired) electrons. The molecular formula is C20H34N2O2. The predicted octanol–water partition coefficient (Wildman–Crippen LogP) is 2.41. The Labute approximate surface area is 146 Å². The van der Waals surface area contributed by atoms with Crippen molar-refractivity contribution in [3.63, 3.8) is 0 Å². The van der Waals surface area contributed by atoms with Crippen molar-refractivity contribution >= 4 is 5.91 Å². The molecule has 1 amide bonds. The minimum Gasteiger partial charge on any atom is -0.388 e. The number of hydrogen-bond donors (Lipinski definition) is 2. The average Bonchev–Trinajstić information content (AvgIpc) is 2.56. The number of aliphatic hydroxyl groups is 1. The minimum absolute atomic E-state index is 0.283. The predicted molar refractivity (Wildman–Crippen MR) is 94.5 cm³/mol. The van der Waals surface area contributed by atoms with Crippen LogP contribution >= 0.6 is 0 Å². The van der Waals surface area contributed by atoms with Crippen LogP contribution in [0.15, 0.2) is 0 Å². The lowest BCUT2D eigenvalue weighted by atomic mass is 9.50. The van der Waals surface area contributed by atoms with Gasteiger partial charge in [0.1, 0.15) is 0 Å². The molecule has 4 heteroatoms. The standard InChI is InChI=1S/C20H34N2O2/c1-14-3-2-6-22(12-14)19(23)4-5-21-13-20(24)17-8-15-7-16(10-17)11-18(20)9-15/h14-18,21,24H,2-13H2,1H3. The van der Waals surface area contributed by atoms with Crippen LogP contribution in [0.4, 0.5) is 0 Å². The Morgan fingerprint density at radius 1 is 1.17 bits per heavy atom. The summed E-state index contributed by atoms with van der Waals surface area (Å²) in [5.41, 5.74) is -0.504. The Morgan fingerprint density at radius 3 is 2.46 bits per heavy atom. The van der Waals surface area contributed by atoms with E-state index in [9.17, 15) is 9.90 Å². The number of carbonyl (C=O) groups excluding carboxylic acids is 1. The van der Waals surface area contributed by atoms with Gasteiger partial charge in [-0.05, 0) is 74.5 Å². The first kappa shape index (κ1) is 16.8. The van der Waals surface area contributed by atoms with E-state index in [-0.39, 0.29) is 5.91 Å². The van der Waals surface area contributed by atoms with Crippen LogP contribution in [0.1, 0.15) is 58.3 Å². The highest BCUT2D eigenvalue weighted by atomic mass is 16.3. The van der Waals surface area contributed by atoms with Gasteiger partial charge in [-0.25, -0.2) is 0 Å². The summed E-state index contributed by atoms with van der Waals surface area (Å²) in [5.74, 6) is 3.70. The molecule has 1 aliphatic heterocycles. The van der Waals surface area contributed by atoms with Gasteiger partial charge in [-0.2, -0.15) is 0 Å². The molecule has 2 N–H and O–H groups in total. The molecule has 5 fully saturated rings. The van der Waals surface area contributed by atoms with Gasteiger partial charge in [0.25, 0.3) is 0 Å². The van der Waals surface area contributed by atoms with E-state index in [0.717, 1.165) is 31.3 Å². The van der Waals surface area contributed by atoms with E-state index in [1.54, 1.807) is 0 Å². The first-order chi connectivity index (χ1) is 11.5. The SMILES string of the molecule is CC1CCCN(C(=O)CCNCC2(O)C3CC4CC(C3)CC2C4)C1. The number of likely N-dealkylation sites (tertiary alicyclic amines) is 1. The molecule has 1 saturated heterocycles. The Bertz CT molecular complexity index is 450. The second-order valence-corrected chi connectivity index (χ2v) is 9.31. The third-order valence-corrected chi connectivity index (χ3v) is 7.49. The molecule has 4 aliphatic carbocycles. The van der Waals surface area contributed by atoms with E-state index in [1.807, 2.05) is 4.90 Å². The first-order valence-electron chi connectivity index (χ1n) is 10.3. The van der Waals surface area contributed by atoms with Gasteiger partial charge in [-0.1, -0.05) is 6.92 Å². The van der Waals surface area contributed by atoms with Crippen LogP contribution in [0.5, 0.6) is 0 Å². The third-order valence-electron chi connectivity index (χ3n) is 7.49. The molecule has 5 rings (SSSR count). The van der Waals surface area contributed by atoms with Crippen molar-refractivity contribution in [2.45, 2.75) is 63.9 Å².